The molecule has 0 N–H and O–H groups in total. The van der Waals surface area contributed by atoms with Crippen LogP contribution in [0.5, 0.6) is 0 Å². The zero-order valence-corrected chi connectivity index (χ0v) is 32.2. The van der Waals surface area contributed by atoms with Crippen LogP contribution < -0.4 is 0 Å². The van der Waals surface area contributed by atoms with E-state index in [-0.39, 0.29) is 0 Å². The van der Waals surface area contributed by atoms with Crippen molar-refractivity contribution in [1.82, 2.24) is 0 Å². The fourth-order valence-electron chi connectivity index (χ4n) is 7.58. The third kappa shape index (κ3) is 8.33. The molecule has 0 atom stereocenters. The monoisotopic (exact) mass is 738 g/mol. The summed E-state index contributed by atoms with van der Waals surface area (Å²) in [6, 6.07) is 86.8. The zero-order chi connectivity index (χ0) is 38.9. The number of hydrogen-bond donors (Lipinski definition) is 0. The van der Waals surface area contributed by atoms with Crippen LogP contribution in [0.1, 0.15) is 33.4 Å². The molecule has 0 fully saturated rings. The predicted octanol–water partition coefficient (Wildman–Crippen LogP) is 15.5. The molecule has 0 unspecified atom stereocenters. The van der Waals surface area contributed by atoms with Gasteiger partial charge in [-0.2, -0.15) is 0 Å². The SMILES string of the molecule is C(=C(c1ccccc1)c1ccccc1)c1ccc(-c2ccc(-c3ccc(-c4ccc(-c5ccc(C=C(c6ccccc6)c6ccccc6)cc5)cc4)cc3)cc2)cc1. The lowest BCUT2D eigenvalue weighted by molar-refractivity contribution is 1.54. The Morgan fingerprint density at radius 3 is 0.552 bits per heavy atom. The van der Waals surface area contributed by atoms with Crippen molar-refractivity contribution < 1.29 is 0 Å². The fourth-order valence-corrected chi connectivity index (χ4v) is 7.58. The summed E-state index contributed by atoms with van der Waals surface area (Å²) in [6.45, 7) is 0. The van der Waals surface area contributed by atoms with E-state index in [2.05, 4.69) is 255 Å². The van der Waals surface area contributed by atoms with Gasteiger partial charge in [-0.1, -0.05) is 243 Å². The molecule has 0 saturated carbocycles. The van der Waals surface area contributed by atoms with Gasteiger partial charge in [0.05, 0.1) is 0 Å². The van der Waals surface area contributed by atoms with Crippen LogP contribution in [0, 0.1) is 0 Å². The fraction of sp³-hybridized carbons (Fsp3) is 0. The van der Waals surface area contributed by atoms with Gasteiger partial charge in [0.25, 0.3) is 0 Å². The minimum atomic E-state index is 1.18. The van der Waals surface area contributed by atoms with E-state index in [4.69, 9.17) is 0 Å². The zero-order valence-electron chi connectivity index (χ0n) is 32.2. The molecular weight excluding hydrogens is 697 g/mol. The van der Waals surface area contributed by atoms with Gasteiger partial charge in [-0.15, -0.1) is 0 Å². The molecule has 0 heteroatoms. The summed E-state index contributed by atoms with van der Waals surface area (Å²) in [5, 5.41) is 0. The summed E-state index contributed by atoms with van der Waals surface area (Å²) in [5.74, 6) is 0. The van der Waals surface area contributed by atoms with Crippen LogP contribution in [0.15, 0.2) is 243 Å². The van der Waals surface area contributed by atoms with Crippen LogP contribution in [0.25, 0.3) is 67.8 Å². The second kappa shape index (κ2) is 17.1. The largest absolute Gasteiger partial charge is 0.0622 e. The van der Waals surface area contributed by atoms with E-state index in [0.29, 0.717) is 0 Å². The summed E-state index contributed by atoms with van der Waals surface area (Å²) in [6.07, 6.45) is 4.56. The van der Waals surface area contributed by atoms with E-state index >= 15 is 0 Å². The van der Waals surface area contributed by atoms with Crippen molar-refractivity contribution in [2.24, 2.45) is 0 Å². The normalized spacial score (nSPS) is 10.8. The molecule has 0 radical (unpaired) electrons. The molecule has 9 aromatic carbocycles. The van der Waals surface area contributed by atoms with Crippen molar-refractivity contribution in [3.63, 3.8) is 0 Å². The third-order valence-corrected chi connectivity index (χ3v) is 10.8. The molecule has 0 amide bonds. The lowest BCUT2D eigenvalue weighted by atomic mass is 9.94. The molecule has 58 heavy (non-hydrogen) atoms. The maximum atomic E-state index is 2.28. The van der Waals surface area contributed by atoms with Crippen molar-refractivity contribution >= 4 is 23.3 Å². The lowest BCUT2D eigenvalue weighted by Gasteiger charge is -2.10. The summed E-state index contributed by atoms with van der Waals surface area (Å²) in [7, 11) is 0. The highest BCUT2D eigenvalue weighted by atomic mass is 14.1. The maximum Gasteiger partial charge on any atom is -0.0105 e. The minimum absolute atomic E-state index is 1.18. The van der Waals surface area contributed by atoms with Crippen LogP contribution in [0.2, 0.25) is 0 Å². The molecule has 0 nitrogen and oxygen atoms in total. The summed E-state index contributed by atoms with van der Waals surface area (Å²) < 4.78 is 0. The molecule has 274 valence electrons. The first-order valence-electron chi connectivity index (χ1n) is 19.9. The highest BCUT2D eigenvalue weighted by molar-refractivity contribution is 5.92. The molecular formula is C58H42. The second-order valence-corrected chi connectivity index (χ2v) is 14.6. The van der Waals surface area contributed by atoms with Crippen molar-refractivity contribution in [3.05, 3.63) is 276 Å². The van der Waals surface area contributed by atoms with Crippen LogP contribution in [0.3, 0.4) is 0 Å². The van der Waals surface area contributed by atoms with Crippen molar-refractivity contribution in [1.29, 1.82) is 0 Å². The Kier molecular flexibility index (Phi) is 10.6. The lowest BCUT2D eigenvalue weighted by Crippen LogP contribution is -1.88. The Morgan fingerprint density at radius 2 is 0.362 bits per heavy atom. The van der Waals surface area contributed by atoms with Gasteiger partial charge >= 0.3 is 0 Å². The third-order valence-electron chi connectivity index (χ3n) is 10.8. The van der Waals surface area contributed by atoms with Crippen LogP contribution >= 0.6 is 0 Å². The smallest absolute Gasteiger partial charge is 0.0105 e. The van der Waals surface area contributed by atoms with Crippen molar-refractivity contribution in [3.8, 4) is 44.5 Å². The van der Waals surface area contributed by atoms with E-state index in [1.54, 1.807) is 0 Å². The first kappa shape index (κ1) is 36.1. The first-order valence-corrected chi connectivity index (χ1v) is 19.9. The standard InChI is InChI=1S/C58H42/c1-5-13-53(14-6-1)57(54-15-7-2-8-16-54)41-43-21-25-45(26-22-43)47-29-33-49(34-30-47)51-37-39-52(40-38-51)50-35-31-48(32-36-50)46-27-23-44(24-28-46)42-58(55-17-9-3-10-18-55)56-19-11-4-12-20-56/h1-42H. The Bertz CT molecular complexity index is 2480. The van der Waals surface area contributed by atoms with Gasteiger partial charge in [-0.3, -0.25) is 0 Å². The Labute approximate surface area is 342 Å². The Morgan fingerprint density at radius 1 is 0.190 bits per heavy atom. The van der Waals surface area contributed by atoms with Gasteiger partial charge in [0.15, 0.2) is 0 Å². The topological polar surface area (TPSA) is 0 Å². The molecule has 9 aromatic rings. The summed E-state index contributed by atoms with van der Waals surface area (Å²) >= 11 is 0. The minimum Gasteiger partial charge on any atom is -0.0622 e. The van der Waals surface area contributed by atoms with Crippen LogP contribution in [0.4, 0.5) is 0 Å². The quantitative estimate of drug-likeness (QED) is 0.123. The van der Waals surface area contributed by atoms with Gasteiger partial charge in [-0.05, 0) is 101 Å². The van der Waals surface area contributed by atoms with E-state index in [0.717, 1.165) is 0 Å². The van der Waals surface area contributed by atoms with E-state index in [1.807, 2.05) is 0 Å². The molecule has 0 saturated heterocycles. The molecule has 0 bridgehead atoms. The van der Waals surface area contributed by atoms with E-state index in [1.165, 1.54) is 89.0 Å². The maximum absolute atomic E-state index is 2.28. The predicted molar refractivity (Wildman–Crippen MR) is 248 cm³/mol. The molecule has 0 heterocycles. The average Bonchev–Trinajstić information content (AvgIpc) is 3.32. The van der Waals surface area contributed by atoms with Gasteiger partial charge in [0.1, 0.15) is 0 Å². The van der Waals surface area contributed by atoms with E-state index < -0.39 is 0 Å². The van der Waals surface area contributed by atoms with E-state index in [9.17, 15) is 0 Å². The first-order chi connectivity index (χ1) is 28.7. The number of rotatable bonds is 10. The highest BCUT2D eigenvalue weighted by Crippen LogP contribution is 2.32. The molecule has 0 aromatic heterocycles. The van der Waals surface area contributed by atoms with Crippen molar-refractivity contribution in [2.75, 3.05) is 0 Å². The molecule has 0 spiro atoms. The molecule has 0 aliphatic carbocycles. The Balaban J connectivity index is 0.866. The summed E-state index contributed by atoms with van der Waals surface area (Å²) in [5.41, 5.74) is 19.3. The molecule has 0 aliphatic heterocycles. The van der Waals surface area contributed by atoms with Gasteiger partial charge in [0.2, 0.25) is 0 Å². The van der Waals surface area contributed by atoms with Gasteiger partial charge in [0, 0.05) is 0 Å². The molecule has 9 rings (SSSR count). The van der Waals surface area contributed by atoms with Crippen molar-refractivity contribution in [2.45, 2.75) is 0 Å². The van der Waals surface area contributed by atoms with Crippen LogP contribution in [-0.4, -0.2) is 0 Å². The number of benzene rings is 9. The summed E-state index contributed by atoms with van der Waals surface area (Å²) in [4.78, 5) is 0. The molecule has 0 aliphatic rings. The Hall–Kier alpha value is -7.54. The van der Waals surface area contributed by atoms with Gasteiger partial charge in [-0.25, -0.2) is 0 Å². The number of hydrogen-bond acceptors (Lipinski definition) is 0. The van der Waals surface area contributed by atoms with Gasteiger partial charge < -0.3 is 0 Å². The van der Waals surface area contributed by atoms with Crippen LogP contribution in [-0.2, 0) is 0 Å². The highest BCUT2D eigenvalue weighted by Gasteiger charge is 2.08. The second-order valence-electron chi connectivity index (χ2n) is 14.6. The average molecular weight is 739 g/mol.